The predicted octanol–water partition coefficient (Wildman–Crippen LogP) is 2.81. The van der Waals surface area contributed by atoms with Crippen molar-refractivity contribution in [3.05, 3.63) is 24.3 Å². The minimum absolute atomic E-state index is 0. The van der Waals surface area contributed by atoms with Crippen LogP contribution in [0.25, 0.3) is 11.0 Å². The maximum atomic E-state index is 12.3. The van der Waals surface area contributed by atoms with Crippen molar-refractivity contribution < 1.29 is 9.53 Å². The Morgan fingerprint density at radius 1 is 1.38 bits per heavy atom. The number of fused-ring (bicyclic) bond motifs is 1. The van der Waals surface area contributed by atoms with Crippen LogP contribution in [-0.4, -0.2) is 34.7 Å². The van der Waals surface area contributed by atoms with Crippen molar-refractivity contribution in [2.45, 2.75) is 39.8 Å². The topological polar surface area (TPSA) is 82.2 Å². The van der Waals surface area contributed by atoms with Crippen LogP contribution in [0.1, 0.15) is 27.2 Å². The Balaban J connectivity index is 0.00000288. The molecule has 0 saturated carbocycles. The van der Waals surface area contributed by atoms with Crippen molar-refractivity contribution in [3.63, 3.8) is 0 Å². The Labute approximate surface area is 149 Å². The molecule has 0 aliphatic carbocycles. The van der Waals surface area contributed by atoms with Crippen LogP contribution in [0.2, 0.25) is 0 Å². The fourth-order valence-electron chi connectivity index (χ4n) is 2.33. The first-order chi connectivity index (χ1) is 11.0. The minimum Gasteiger partial charge on any atom is -0.382 e. The summed E-state index contributed by atoms with van der Waals surface area (Å²) in [6, 6.07) is 7.66. The van der Waals surface area contributed by atoms with Gasteiger partial charge in [-0.15, -0.1) is 12.4 Å². The number of aryl methyl sites for hydroxylation is 1. The Kier molecular flexibility index (Phi) is 8.18. The molecule has 0 radical (unpaired) electrons. The zero-order valence-corrected chi connectivity index (χ0v) is 15.3. The van der Waals surface area contributed by atoms with Crippen LogP contribution < -0.4 is 11.1 Å². The van der Waals surface area contributed by atoms with Crippen LogP contribution in [0.4, 0.5) is 5.95 Å². The number of nitrogens with zero attached hydrogens (tertiary/aromatic N) is 2. The van der Waals surface area contributed by atoms with Gasteiger partial charge in [0.25, 0.3) is 0 Å². The molecule has 2 aromatic rings. The second-order valence-electron chi connectivity index (χ2n) is 5.76. The number of nitrogens with one attached hydrogen (secondary N) is 1. The minimum atomic E-state index is -0.272. The molecule has 2 rings (SSSR count). The number of ether oxygens (including phenoxy) is 1. The number of rotatable bonds is 8. The average molecular weight is 355 g/mol. The van der Waals surface area contributed by atoms with E-state index in [1.54, 1.807) is 0 Å². The highest BCUT2D eigenvalue weighted by molar-refractivity contribution is 5.93. The van der Waals surface area contributed by atoms with Gasteiger partial charge in [0.15, 0.2) is 0 Å². The maximum absolute atomic E-state index is 12.3. The first-order valence-corrected chi connectivity index (χ1v) is 8.14. The zero-order valence-electron chi connectivity index (χ0n) is 14.5. The molecule has 0 saturated heterocycles. The Morgan fingerprint density at radius 2 is 2.08 bits per heavy atom. The summed E-state index contributed by atoms with van der Waals surface area (Å²) in [5.41, 5.74) is 7.69. The molecule has 1 aromatic heterocycles. The summed E-state index contributed by atoms with van der Waals surface area (Å²) in [5.74, 6) is 0.188. The van der Waals surface area contributed by atoms with Crippen LogP contribution in [0.15, 0.2) is 24.3 Å². The summed E-state index contributed by atoms with van der Waals surface area (Å²) in [5, 5.41) is 2.91. The second kappa shape index (κ2) is 9.61. The number of carbonyl (C=O) groups is 1. The molecule has 6 nitrogen and oxygen atoms in total. The molecular formula is C17H27ClN4O2. The highest BCUT2D eigenvalue weighted by Crippen LogP contribution is 2.20. The van der Waals surface area contributed by atoms with Gasteiger partial charge in [0.1, 0.15) is 0 Å². The molecule has 1 aromatic carbocycles. The number of anilines is 1. The summed E-state index contributed by atoms with van der Waals surface area (Å²) < 4.78 is 7.42. The number of nitrogens with two attached hydrogens (primary N) is 1. The number of hydrogen-bond donors (Lipinski definition) is 2. The molecule has 3 N–H and O–H groups in total. The number of carbonyl (C=O) groups excluding carboxylic acids is 1. The van der Waals surface area contributed by atoms with Crippen molar-refractivity contribution >= 4 is 35.3 Å². The van der Waals surface area contributed by atoms with Crippen molar-refractivity contribution in [1.82, 2.24) is 9.55 Å². The van der Waals surface area contributed by atoms with E-state index in [9.17, 15) is 4.79 Å². The molecule has 0 bridgehead atoms. The van der Waals surface area contributed by atoms with Gasteiger partial charge in [-0.05, 0) is 32.4 Å². The van der Waals surface area contributed by atoms with Gasteiger partial charge in [-0.2, -0.15) is 0 Å². The summed E-state index contributed by atoms with van der Waals surface area (Å²) in [4.78, 5) is 16.8. The van der Waals surface area contributed by atoms with Gasteiger partial charge >= 0.3 is 0 Å². The molecule has 1 heterocycles. The molecule has 0 aliphatic heterocycles. The number of imidazole rings is 1. The molecule has 1 amide bonds. The number of para-hydroxylation sites is 2. The predicted molar refractivity (Wildman–Crippen MR) is 99.5 cm³/mol. The van der Waals surface area contributed by atoms with Crippen LogP contribution in [0.3, 0.4) is 0 Å². The van der Waals surface area contributed by atoms with E-state index in [0.717, 1.165) is 24.0 Å². The Bertz CT molecular complexity index is 657. The van der Waals surface area contributed by atoms with E-state index in [0.29, 0.717) is 19.2 Å². The fourth-order valence-corrected chi connectivity index (χ4v) is 2.33. The smallest absolute Gasteiger partial charge is 0.231 e. The third-order valence-electron chi connectivity index (χ3n) is 3.97. The van der Waals surface area contributed by atoms with E-state index in [2.05, 4.69) is 10.3 Å². The van der Waals surface area contributed by atoms with Crippen molar-refractivity contribution in [1.29, 1.82) is 0 Å². The van der Waals surface area contributed by atoms with E-state index in [1.165, 1.54) is 0 Å². The third kappa shape index (κ3) is 4.93. The Morgan fingerprint density at radius 3 is 2.75 bits per heavy atom. The largest absolute Gasteiger partial charge is 0.382 e. The van der Waals surface area contributed by atoms with Crippen molar-refractivity contribution in [2.24, 2.45) is 11.7 Å². The van der Waals surface area contributed by atoms with Gasteiger partial charge in [0, 0.05) is 25.8 Å². The van der Waals surface area contributed by atoms with Crippen LogP contribution in [0.5, 0.6) is 0 Å². The summed E-state index contributed by atoms with van der Waals surface area (Å²) in [6.07, 6.45) is 0.861. The SMILES string of the molecule is CCOCCCn1c(NC(=O)C(C)C(C)N)nc2ccccc21.Cl. The number of aromatic nitrogens is 2. The molecular weight excluding hydrogens is 328 g/mol. The standard InChI is InChI=1S/C17H26N4O2.ClH/c1-4-23-11-7-10-21-15-9-6-5-8-14(15)19-17(21)20-16(22)12(2)13(3)18;/h5-6,8-9,12-13H,4,7,10-11,18H2,1-3H3,(H,19,20,22);1H. The first kappa shape index (κ1) is 20.4. The zero-order chi connectivity index (χ0) is 16.8. The van der Waals surface area contributed by atoms with Crippen molar-refractivity contribution in [3.8, 4) is 0 Å². The molecule has 0 aliphatic rings. The lowest BCUT2D eigenvalue weighted by molar-refractivity contribution is -0.119. The lowest BCUT2D eigenvalue weighted by atomic mass is 10.0. The fraction of sp³-hybridized carbons (Fsp3) is 0.529. The summed E-state index contributed by atoms with van der Waals surface area (Å²) in [7, 11) is 0. The molecule has 2 atom stereocenters. The first-order valence-electron chi connectivity index (χ1n) is 8.14. The number of hydrogen-bond acceptors (Lipinski definition) is 4. The Hall–Kier alpha value is -1.63. The van der Waals surface area contributed by atoms with Crippen LogP contribution in [0, 0.1) is 5.92 Å². The second-order valence-corrected chi connectivity index (χ2v) is 5.76. The monoisotopic (exact) mass is 354 g/mol. The van der Waals surface area contributed by atoms with Gasteiger partial charge in [0.05, 0.1) is 17.0 Å². The average Bonchev–Trinajstić information content (AvgIpc) is 2.88. The lowest BCUT2D eigenvalue weighted by Gasteiger charge is -2.16. The van der Waals surface area contributed by atoms with Crippen LogP contribution in [-0.2, 0) is 16.1 Å². The number of halogens is 1. The molecule has 2 unspecified atom stereocenters. The maximum Gasteiger partial charge on any atom is 0.231 e. The van der Waals surface area contributed by atoms with E-state index >= 15 is 0 Å². The molecule has 24 heavy (non-hydrogen) atoms. The lowest BCUT2D eigenvalue weighted by Crippen LogP contribution is -2.35. The number of benzene rings is 1. The van der Waals surface area contributed by atoms with Crippen LogP contribution >= 0.6 is 12.4 Å². The van der Waals surface area contributed by atoms with Gasteiger partial charge in [-0.1, -0.05) is 19.1 Å². The van der Waals surface area contributed by atoms with E-state index in [4.69, 9.17) is 10.5 Å². The van der Waals surface area contributed by atoms with Gasteiger partial charge in [0.2, 0.25) is 11.9 Å². The normalized spacial score (nSPS) is 13.3. The van der Waals surface area contributed by atoms with Gasteiger partial charge in [-0.3, -0.25) is 10.1 Å². The molecule has 134 valence electrons. The van der Waals surface area contributed by atoms with E-state index in [1.807, 2.05) is 49.6 Å². The summed E-state index contributed by atoms with van der Waals surface area (Å²) >= 11 is 0. The quantitative estimate of drug-likeness (QED) is 0.714. The number of amides is 1. The highest BCUT2D eigenvalue weighted by Gasteiger charge is 2.20. The summed E-state index contributed by atoms with van der Waals surface area (Å²) in [6.45, 7) is 7.76. The van der Waals surface area contributed by atoms with Gasteiger partial charge < -0.3 is 15.0 Å². The van der Waals surface area contributed by atoms with E-state index in [-0.39, 0.29) is 30.3 Å². The highest BCUT2D eigenvalue weighted by atomic mass is 35.5. The third-order valence-corrected chi connectivity index (χ3v) is 3.97. The molecule has 0 spiro atoms. The van der Waals surface area contributed by atoms with Gasteiger partial charge in [-0.25, -0.2) is 4.98 Å². The molecule has 0 fully saturated rings. The van der Waals surface area contributed by atoms with Crippen molar-refractivity contribution in [2.75, 3.05) is 18.5 Å². The van der Waals surface area contributed by atoms with E-state index < -0.39 is 0 Å². The molecule has 7 heteroatoms.